The first-order chi connectivity index (χ1) is 14.3. The summed E-state index contributed by atoms with van der Waals surface area (Å²) in [7, 11) is -4.19. The number of hydrogen-bond donors (Lipinski definition) is 0. The van der Waals surface area contributed by atoms with Crippen LogP contribution >= 0.6 is 23.2 Å². The van der Waals surface area contributed by atoms with Gasteiger partial charge in [0.2, 0.25) is 0 Å². The van der Waals surface area contributed by atoms with E-state index in [9.17, 15) is 13.2 Å². The Balaban J connectivity index is 2.10. The number of pyridine rings is 1. The van der Waals surface area contributed by atoms with E-state index in [4.69, 9.17) is 27.9 Å². The number of rotatable bonds is 8. The van der Waals surface area contributed by atoms with Crippen molar-refractivity contribution in [3.63, 3.8) is 0 Å². The number of carbonyl (C=O) groups excluding carboxylic acids is 1. The molecule has 0 unspecified atom stereocenters. The second-order valence-corrected chi connectivity index (χ2v) is 9.28. The van der Waals surface area contributed by atoms with Crippen molar-refractivity contribution in [2.45, 2.75) is 24.7 Å². The van der Waals surface area contributed by atoms with Crippen molar-refractivity contribution in [3.8, 4) is 0 Å². The summed E-state index contributed by atoms with van der Waals surface area (Å²) in [5, 5.41) is 1.07. The Kier molecular flexibility index (Phi) is 7.18. The molecule has 3 aromatic rings. The minimum Gasteiger partial charge on any atom is -0.464 e. The Morgan fingerprint density at radius 2 is 1.80 bits per heavy atom. The quantitative estimate of drug-likeness (QED) is 0.341. The van der Waals surface area contributed by atoms with Gasteiger partial charge in [-0.3, -0.25) is 14.1 Å². The molecule has 0 N–H and O–H groups in total. The number of anilines is 1. The van der Waals surface area contributed by atoms with Gasteiger partial charge in [-0.1, -0.05) is 54.7 Å². The monoisotopic (exact) mass is 466 g/mol. The Hall–Kier alpha value is -2.35. The molecule has 0 saturated carbocycles. The number of nitrogens with zero attached hydrogens (tertiary/aromatic N) is 2. The number of unbranched alkanes of at least 4 members (excludes halogenated alkanes) is 1. The molecule has 0 bridgehead atoms. The highest BCUT2D eigenvalue weighted by Crippen LogP contribution is 2.31. The lowest BCUT2D eigenvalue weighted by molar-refractivity contribution is -0.141. The Labute approximate surface area is 185 Å². The van der Waals surface area contributed by atoms with E-state index in [1.54, 1.807) is 24.4 Å². The van der Waals surface area contributed by atoms with Gasteiger partial charge in [-0.15, -0.1) is 0 Å². The zero-order valence-corrected chi connectivity index (χ0v) is 18.5. The molecule has 0 saturated heterocycles. The second kappa shape index (κ2) is 9.64. The zero-order valence-electron chi connectivity index (χ0n) is 16.2. The predicted octanol–water partition coefficient (Wildman–Crippen LogP) is 5.08. The molecule has 0 amide bonds. The number of halogens is 2. The highest BCUT2D eigenvalue weighted by atomic mass is 35.5. The molecular formula is C21H20Cl2N2O4S. The van der Waals surface area contributed by atoms with Crippen LogP contribution in [-0.4, -0.2) is 32.5 Å². The van der Waals surface area contributed by atoms with Gasteiger partial charge in [-0.05, 0) is 36.8 Å². The Bertz CT molecular complexity index is 1140. The van der Waals surface area contributed by atoms with Crippen molar-refractivity contribution >= 4 is 55.8 Å². The summed E-state index contributed by atoms with van der Waals surface area (Å²) < 4.78 is 33.2. The molecule has 1 aromatic heterocycles. The molecule has 9 heteroatoms. The SMILES string of the molecule is CCCCOC(=O)CN(c1cccc2cccnc12)S(=O)(=O)c1cc(Cl)cc(Cl)c1. The van der Waals surface area contributed by atoms with E-state index in [1.807, 2.05) is 19.1 Å². The lowest BCUT2D eigenvalue weighted by Crippen LogP contribution is -2.37. The third-order valence-electron chi connectivity index (χ3n) is 4.34. The highest BCUT2D eigenvalue weighted by molar-refractivity contribution is 7.92. The van der Waals surface area contributed by atoms with Crippen LogP contribution in [0.3, 0.4) is 0 Å². The molecule has 30 heavy (non-hydrogen) atoms. The van der Waals surface area contributed by atoms with Gasteiger partial charge in [0.1, 0.15) is 6.54 Å². The number of aromatic nitrogens is 1. The molecule has 1 heterocycles. The maximum Gasteiger partial charge on any atom is 0.326 e. The number of fused-ring (bicyclic) bond motifs is 1. The van der Waals surface area contributed by atoms with Crippen LogP contribution in [0.4, 0.5) is 5.69 Å². The second-order valence-electron chi connectivity index (χ2n) is 6.54. The lowest BCUT2D eigenvalue weighted by Gasteiger charge is -2.24. The van der Waals surface area contributed by atoms with E-state index in [0.717, 1.165) is 16.1 Å². The maximum absolute atomic E-state index is 13.5. The minimum absolute atomic E-state index is 0.130. The Morgan fingerprint density at radius 3 is 2.50 bits per heavy atom. The van der Waals surface area contributed by atoms with Crippen LogP contribution < -0.4 is 4.31 Å². The third kappa shape index (κ3) is 5.03. The number of ether oxygens (including phenoxy) is 1. The first-order valence-electron chi connectivity index (χ1n) is 9.31. The molecule has 0 aliphatic heterocycles. The first-order valence-corrected chi connectivity index (χ1v) is 11.5. The van der Waals surface area contributed by atoms with E-state index >= 15 is 0 Å². The highest BCUT2D eigenvalue weighted by Gasteiger charge is 2.30. The van der Waals surface area contributed by atoms with E-state index in [2.05, 4.69) is 4.98 Å². The van der Waals surface area contributed by atoms with Gasteiger partial charge in [0.05, 0.1) is 22.7 Å². The zero-order chi connectivity index (χ0) is 21.7. The average molecular weight is 467 g/mol. The number of esters is 1. The number of carbonyl (C=O) groups is 1. The summed E-state index contributed by atoms with van der Waals surface area (Å²) in [6, 6.07) is 12.7. The summed E-state index contributed by atoms with van der Waals surface area (Å²) in [5.41, 5.74) is 0.703. The summed E-state index contributed by atoms with van der Waals surface area (Å²) in [4.78, 5) is 16.6. The molecule has 0 atom stereocenters. The van der Waals surface area contributed by atoms with Crippen LogP contribution in [0.5, 0.6) is 0 Å². The molecule has 3 rings (SSSR count). The fraction of sp³-hybridized carbons (Fsp3) is 0.238. The normalized spacial score (nSPS) is 11.4. The van der Waals surface area contributed by atoms with Crippen molar-refractivity contribution in [1.82, 2.24) is 4.98 Å². The van der Waals surface area contributed by atoms with E-state index in [-0.39, 0.29) is 27.2 Å². The minimum atomic E-state index is -4.19. The number of sulfonamides is 1. The van der Waals surface area contributed by atoms with Gasteiger partial charge in [0.15, 0.2) is 0 Å². The van der Waals surface area contributed by atoms with Crippen LogP contribution in [0.25, 0.3) is 10.9 Å². The summed E-state index contributed by atoms with van der Waals surface area (Å²) in [6.07, 6.45) is 3.11. The molecule has 2 aromatic carbocycles. The van der Waals surface area contributed by atoms with Crippen molar-refractivity contribution in [1.29, 1.82) is 0 Å². The predicted molar refractivity (Wildman–Crippen MR) is 119 cm³/mol. The van der Waals surface area contributed by atoms with Crippen molar-refractivity contribution < 1.29 is 17.9 Å². The molecule has 6 nitrogen and oxygen atoms in total. The lowest BCUT2D eigenvalue weighted by atomic mass is 10.2. The van der Waals surface area contributed by atoms with E-state index in [0.29, 0.717) is 11.9 Å². The standard InChI is InChI=1S/C21H20Cl2N2O4S/c1-2-3-10-29-20(26)14-25(19-8-4-6-15-7-5-9-24-21(15)19)30(27,28)18-12-16(22)11-17(23)13-18/h4-9,11-13H,2-3,10,14H2,1H3. The van der Waals surface area contributed by atoms with Gasteiger partial charge in [0.25, 0.3) is 10.0 Å². The molecule has 0 aliphatic carbocycles. The number of benzene rings is 2. The third-order valence-corrected chi connectivity index (χ3v) is 6.51. The topological polar surface area (TPSA) is 76.6 Å². The number of para-hydroxylation sites is 1. The van der Waals surface area contributed by atoms with Gasteiger partial charge < -0.3 is 4.74 Å². The van der Waals surface area contributed by atoms with Crippen LogP contribution in [0, 0.1) is 0 Å². The van der Waals surface area contributed by atoms with Crippen molar-refractivity contribution in [2.24, 2.45) is 0 Å². The number of hydrogen-bond acceptors (Lipinski definition) is 5. The molecule has 0 spiro atoms. The maximum atomic E-state index is 13.5. The van der Waals surface area contributed by atoms with Crippen LogP contribution in [0.2, 0.25) is 10.0 Å². The van der Waals surface area contributed by atoms with Gasteiger partial charge in [-0.2, -0.15) is 0 Å². The molecule has 0 radical (unpaired) electrons. The van der Waals surface area contributed by atoms with Gasteiger partial charge in [0, 0.05) is 21.6 Å². The smallest absolute Gasteiger partial charge is 0.326 e. The molecule has 158 valence electrons. The van der Waals surface area contributed by atoms with Crippen molar-refractivity contribution in [3.05, 3.63) is 64.8 Å². The van der Waals surface area contributed by atoms with E-state index < -0.39 is 22.5 Å². The van der Waals surface area contributed by atoms with E-state index in [1.165, 1.54) is 18.2 Å². The van der Waals surface area contributed by atoms with Crippen LogP contribution in [-0.2, 0) is 19.6 Å². The van der Waals surface area contributed by atoms with Crippen LogP contribution in [0.1, 0.15) is 19.8 Å². The fourth-order valence-electron chi connectivity index (χ4n) is 2.89. The summed E-state index contributed by atoms with van der Waals surface area (Å²) in [6.45, 7) is 1.68. The summed E-state index contributed by atoms with van der Waals surface area (Å²) >= 11 is 12.0. The fourth-order valence-corrected chi connectivity index (χ4v) is 5.03. The largest absolute Gasteiger partial charge is 0.464 e. The first kappa shape index (κ1) is 22.3. The van der Waals surface area contributed by atoms with Crippen LogP contribution in [0.15, 0.2) is 59.6 Å². The molecular weight excluding hydrogens is 447 g/mol. The molecule has 0 fully saturated rings. The summed E-state index contributed by atoms with van der Waals surface area (Å²) in [5.74, 6) is -0.659. The van der Waals surface area contributed by atoms with Gasteiger partial charge >= 0.3 is 5.97 Å². The Morgan fingerprint density at radius 1 is 1.10 bits per heavy atom. The van der Waals surface area contributed by atoms with Gasteiger partial charge in [-0.25, -0.2) is 8.42 Å². The average Bonchev–Trinajstić information content (AvgIpc) is 2.71. The molecule has 0 aliphatic rings. The van der Waals surface area contributed by atoms with Crippen molar-refractivity contribution in [2.75, 3.05) is 17.5 Å².